The largest absolute Gasteiger partial charge is 0.513 e. The van der Waals surface area contributed by atoms with Crippen molar-refractivity contribution in [2.75, 3.05) is 7.11 Å². The van der Waals surface area contributed by atoms with Gasteiger partial charge < -0.3 is 14.2 Å². The van der Waals surface area contributed by atoms with Crippen molar-refractivity contribution < 1.29 is 23.8 Å². The molecule has 0 spiro atoms. The zero-order chi connectivity index (χ0) is 20.2. The van der Waals surface area contributed by atoms with Crippen molar-refractivity contribution in [3.8, 4) is 11.5 Å². The lowest BCUT2D eigenvalue weighted by Gasteiger charge is -2.23. The van der Waals surface area contributed by atoms with Crippen molar-refractivity contribution in [2.45, 2.75) is 39.0 Å². The van der Waals surface area contributed by atoms with Crippen LogP contribution in [0.2, 0.25) is 0 Å². The number of benzene rings is 2. The summed E-state index contributed by atoms with van der Waals surface area (Å²) >= 11 is 0. The number of carbonyl (C=O) groups excluding carboxylic acids is 2. The second-order valence-electron chi connectivity index (χ2n) is 7.57. The van der Waals surface area contributed by atoms with Crippen molar-refractivity contribution in [3.05, 3.63) is 58.7 Å². The number of aryl methyl sites for hydroxylation is 1. The summed E-state index contributed by atoms with van der Waals surface area (Å²) in [6.07, 6.45) is 2.31. The fourth-order valence-corrected chi connectivity index (χ4v) is 4.31. The lowest BCUT2D eigenvalue weighted by Crippen LogP contribution is -2.15. The Morgan fingerprint density at radius 2 is 1.79 bits per heavy atom. The molecule has 0 saturated heterocycles. The minimum Gasteiger partial charge on any atom is -0.437 e. The highest BCUT2D eigenvalue weighted by Crippen LogP contribution is 2.60. The molecule has 2 aromatic carbocycles. The van der Waals surface area contributed by atoms with E-state index in [-0.39, 0.29) is 11.8 Å². The average Bonchev–Trinajstić information content (AvgIpc) is 3.21. The molecular weight excluding hydrogens is 356 g/mol. The minimum atomic E-state index is -0.764. The van der Waals surface area contributed by atoms with Gasteiger partial charge in [-0.1, -0.05) is 35.9 Å². The third kappa shape index (κ3) is 2.70. The van der Waals surface area contributed by atoms with Gasteiger partial charge in [-0.3, -0.25) is 0 Å². The van der Waals surface area contributed by atoms with Crippen LogP contribution in [0, 0.1) is 6.92 Å². The molecule has 5 nitrogen and oxygen atoms in total. The molecule has 0 heterocycles. The zero-order valence-electron chi connectivity index (χ0n) is 16.4. The van der Waals surface area contributed by atoms with Crippen molar-refractivity contribution in [3.63, 3.8) is 0 Å². The smallest absolute Gasteiger partial charge is 0.437 e. The summed E-state index contributed by atoms with van der Waals surface area (Å²) in [5.74, 6) is 0.822. The second kappa shape index (κ2) is 6.51. The van der Waals surface area contributed by atoms with Gasteiger partial charge in [-0.2, -0.15) is 0 Å². The third-order valence-electron chi connectivity index (χ3n) is 5.56. The van der Waals surface area contributed by atoms with Crippen LogP contribution < -0.4 is 9.47 Å². The molecule has 2 unspecified atom stereocenters. The molecule has 28 heavy (non-hydrogen) atoms. The van der Waals surface area contributed by atoms with Gasteiger partial charge in [-0.15, -0.1) is 0 Å². The molecule has 2 aliphatic carbocycles. The number of esters is 1. The summed E-state index contributed by atoms with van der Waals surface area (Å²) in [6, 6.07) is 5.79. The highest BCUT2D eigenvalue weighted by atomic mass is 16.7. The van der Waals surface area contributed by atoms with E-state index in [0.29, 0.717) is 17.1 Å². The van der Waals surface area contributed by atoms with Crippen molar-refractivity contribution >= 4 is 22.9 Å². The molecule has 2 bridgehead atoms. The summed E-state index contributed by atoms with van der Waals surface area (Å²) in [7, 11) is 1.29. The fraction of sp³-hybridized carbons (Fsp3) is 0.304. The van der Waals surface area contributed by atoms with Crippen LogP contribution in [0.15, 0.2) is 42.0 Å². The van der Waals surface area contributed by atoms with Gasteiger partial charge >= 0.3 is 12.1 Å². The monoisotopic (exact) mass is 378 g/mol. The van der Waals surface area contributed by atoms with Gasteiger partial charge in [0, 0.05) is 39.3 Å². The number of ether oxygens (including phenoxy) is 3. The molecule has 0 saturated carbocycles. The predicted molar refractivity (Wildman–Crippen MR) is 106 cm³/mol. The molecule has 0 aromatic heterocycles. The van der Waals surface area contributed by atoms with Gasteiger partial charge in [0.1, 0.15) is 11.5 Å². The van der Waals surface area contributed by atoms with E-state index >= 15 is 0 Å². The Hall–Kier alpha value is -3.08. The van der Waals surface area contributed by atoms with Crippen LogP contribution >= 0.6 is 0 Å². The van der Waals surface area contributed by atoms with Crippen molar-refractivity contribution in [2.24, 2.45) is 0 Å². The Bertz CT molecular complexity index is 1080. The Morgan fingerprint density at radius 3 is 2.46 bits per heavy atom. The summed E-state index contributed by atoms with van der Waals surface area (Å²) in [5, 5.41) is 1.46. The lowest BCUT2D eigenvalue weighted by atomic mass is 9.87. The molecule has 4 rings (SSSR count). The second-order valence-corrected chi connectivity index (χ2v) is 7.57. The van der Waals surface area contributed by atoms with Crippen molar-refractivity contribution in [1.82, 2.24) is 0 Å². The van der Waals surface area contributed by atoms with Crippen LogP contribution in [0.5, 0.6) is 11.5 Å². The van der Waals surface area contributed by atoms with E-state index in [1.54, 1.807) is 6.92 Å². The molecule has 0 N–H and O–H groups in total. The molecule has 0 amide bonds. The van der Waals surface area contributed by atoms with Crippen LogP contribution in [0.1, 0.15) is 48.8 Å². The molecule has 144 valence electrons. The van der Waals surface area contributed by atoms with Gasteiger partial charge in [0.25, 0.3) is 0 Å². The van der Waals surface area contributed by atoms with Crippen LogP contribution in [0.3, 0.4) is 0 Å². The Balaban J connectivity index is 2.05. The zero-order valence-corrected chi connectivity index (χ0v) is 16.4. The predicted octanol–water partition coefficient (Wildman–Crippen LogP) is 5.31. The molecule has 5 heteroatoms. The summed E-state index contributed by atoms with van der Waals surface area (Å²) in [4.78, 5) is 24.4. The number of methoxy groups -OCH3 is 1. The first-order valence-electron chi connectivity index (χ1n) is 9.23. The number of hydrogen-bond acceptors (Lipinski definition) is 5. The van der Waals surface area contributed by atoms with Crippen LogP contribution in [-0.2, 0) is 9.53 Å². The standard InChI is InChI=1S/C23H22O5/c1-11(2)22(24)27-20-15-7-6-12(3)8-17(15)21(28-23(25)26-5)18-14-9-13(4)16(10-14)19(18)20/h6-9,14,16H,1,10H2,2-5H3. The first-order valence-corrected chi connectivity index (χ1v) is 9.23. The third-order valence-corrected chi connectivity index (χ3v) is 5.56. The molecule has 2 aliphatic rings. The minimum absolute atomic E-state index is 0.117. The van der Waals surface area contributed by atoms with Crippen LogP contribution in [-0.4, -0.2) is 19.2 Å². The van der Waals surface area contributed by atoms with Gasteiger partial charge in [0.15, 0.2) is 0 Å². The average molecular weight is 378 g/mol. The van der Waals surface area contributed by atoms with Gasteiger partial charge in [0.2, 0.25) is 0 Å². The highest BCUT2D eigenvalue weighted by Gasteiger charge is 2.43. The molecule has 0 aliphatic heterocycles. The number of allylic oxidation sites excluding steroid dienone is 2. The Kier molecular flexibility index (Phi) is 4.26. The fourth-order valence-electron chi connectivity index (χ4n) is 4.31. The van der Waals surface area contributed by atoms with E-state index < -0.39 is 12.1 Å². The topological polar surface area (TPSA) is 61.8 Å². The lowest BCUT2D eigenvalue weighted by molar-refractivity contribution is -0.130. The quantitative estimate of drug-likeness (QED) is 0.238. The van der Waals surface area contributed by atoms with E-state index in [9.17, 15) is 9.59 Å². The van der Waals surface area contributed by atoms with Gasteiger partial charge in [-0.25, -0.2) is 9.59 Å². The number of rotatable bonds is 3. The number of hydrogen-bond donors (Lipinski definition) is 0. The molecule has 0 radical (unpaired) electrons. The SMILES string of the molecule is C=C(C)C(=O)Oc1c2c(c(OC(=O)OC)c3cc(C)ccc13)C1C=C(C)C2C1. The maximum atomic E-state index is 12.4. The maximum Gasteiger partial charge on any atom is 0.513 e. The van der Waals surface area contributed by atoms with Crippen molar-refractivity contribution in [1.29, 1.82) is 0 Å². The Labute approximate surface area is 163 Å². The molecule has 0 fully saturated rings. The van der Waals surface area contributed by atoms with E-state index in [1.807, 2.05) is 25.1 Å². The summed E-state index contributed by atoms with van der Waals surface area (Å²) < 4.78 is 16.2. The van der Waals surface area contributed by atoms with E-state index in [4.69, 9.17) is 14.2 Å². The summed E-state index contributed by atoms with van der Waals surface area (Å²) in [6.45, 7) is 9.37. The first-order chi connectivity index (χ1) is 13.3. The highest BCUT2D eigenvalue weighted by molar-refractivity contribution is 6.01. The van der Waals surface area contributed by atoms with Gasteiger partial charge in [-0.05, 0) is 33.3 Å². The molecule has 2 aromatic rings. The normalized spacial score (nSPS) is 19.2. The first kappa shape index (κ1) is 18.3. The number of carbonyl (C=O) groups is 2. The molecular formula is C23H22O5. The maximum absolute atomic E-state index is 12.4. The van der Waals surface area contributed by atoms with Crippen LogP contribution in [0.25, 0.3) is 10.8 Å². The number of fused-ring (bicyclic) bond motifs is 6. The Morgan fingerprint density at radius 1 is 1.07 bits per heavy atom. The van der Waals surface area contributed by atoms with E-state index in [2.05, 4.69) is 19.6 Å². The molecule has 2 atom stereocenters. The van der Waals surface area contributed by atoms with E-state index in [0.717, 1.165) is 33.9 Å². The summed E-state index contributed by atoms with van der Waals surface area (Å²) in [5.41, 5.74) is 4.41. The van der Waals surface area contributed by atoms with Gasteiger partial charge in [0.05, 0.1) is 7.11 Å². The van der Waals surface area contributed by atoms with E-state index in [1.165, 1.54) is 12.7 Å². The van der Waals surface area contributed by atoms with Crippen LogP contribution in [0.4, 0.5) is 4.79 Å².